The maximum atomic E-state index is 14.5. The fraction of sp³-hybridized carbons (Fsp3) is 0.100. The molecule has 2 unspecified atom stereocenters. The van der Waals surface area contributed by atoms with Gasteiger partial charge in [0.05, 0.1) is 22.5 Å². The Labute approximate surface area is 319 Å². The van der Waals surface area contributed by atoms with Gasteiger partial charge in [-0.2, -0.15) is 36.2 Å². The highest BCUT2D eigenvalue weighted by molar-refractivity contribution is 7.86. The molecular formula is C30H20Cl2F2N8O10S3. The normalized spacial score (nSPS) is 14.1. The van der Waals surface area contributed by atoms with Gasteiger partial charge in [0.2, 0.25) is 11.9 Å². The van der Waals surface area contributed by atoms with Crippen LogP contribution in [0.5, 0.6) is 11.5 Å². The maximum Gasteiger partial charge on any atom is 0.315 e. The van der Waals surface area contributed by atoms with E-state index in [9.17, 15) is 43.5 Å². The van der Waals surface area contributed by atoms with Gasteiger partial charge >= 0.3 is 26.3 Å². The summed E-state index contributed by atoms with van der Waals surface area (Å²) < 4.78 is 130. The molecule has 0 saturated carbocycles. The van der Waals surface area contributed by atoms with E-state index in [0.29, 0.717) is 5.69 Å². The number of hydrogen-bond donors (Lipinski definition) is 6. The molecule has 6 N–H and O–H groups in total. The van der Waals surface area contributed by atoms with Crippen LogP contribution < -0.4 is 26.0 Å². The van der Waals surface area contributed by atoms with Gasteiger partial charge in [0.1, 0.15) is 32.8 Å². The zero-order valence-electron chi connectivity index (χ0n) is 27.1. The highest BCUT2D eigenvalue weighted by Gasteiger charge is 2.34. The van der Waals surface area contributed by atoms with Gasteiger partial charge in [-0.1, -0.05) is 23.2 Å². The molecule has 7 rings (SSSR count). The summed E-state index contributed by atoms with van der Waals surface area (Å²) in [4.78, 5) is 18.1. The third-order valence-electron chi connectivity index (χ3n) is 7.65. The Morgan fingerprint density at radius 1 is 0.909 bits per heavy atom. The van der Waals surface area contributed by atoms with E-state index in [2.05, 4.69) is 40.9 Å². The van der Waals surface area contributed by atoms with Gasteiger partial charge in [-0.05, 0) is 55.5 Å². The van der Waals surface area contributed by atoms with Gasteiger partial charge in [0.15, 0.2) is 43.7 Å². The van der Waals surface area contributed by atoms with Crippen molar-refractivity contribution in [1.82, 2.24) is 19.9 Å². The lowest BCUT2D eigenvalue weighted by Gasteiger charge is -2.25. The SMILES string of the molecule is CC(CN=c1ccc2nc3c(Cl)c4c(c(Cl)c3oc-2c1S(=O)(=O)O)Nc1ccc(F)c(S(=O)(=O)O)c1O4)Nc1nc(F)nc(Nc2ccc(S(=O)O)cc2)n1. The molecule has 2 aliphatic heterocycles. The first-order valence-corrected chi connectivity index (χ1v) is 19.8. The Morgan fingerprint density at radius 2 is 1.60 bits per heavy atom. The predicted octanol–water partition coefficient (Wildman–Crippen LogP) is 5.77. The third-order valence-corrected chi connectivity index (χ3v) is 10.8. The molecule has 0 saturated heterocycles. The lowest BCUT2D eigenvalue weighted by Crippen LogP contribution is -2.24. The Morgan fingerprint density at radius 3 is 2.27 bits per heavy atom. The number of fused-ring (bicyclic) bond motifs is 4. The van der Waals surface area contributed by atoms with E-state index in [4.69, 9.17) is 32.4 Å². The highest BCUT2D eigenvalue weighted by atomic mass is 35.5. The fourth-order valence-electron chi connectivity index (χ4n) is 5.33. The molecule has 18 nitrogen and oxygen atoms in total. The number of aromatic nitrogens is 4. The van der Waals surface area contributed by atoms with Gasteiger partial charge < -0.3 is 29.7 Å². The minimum atomic E-state index is -5.12. The van der Waals surface area contributed by atoms with Crippen LogP contribution in [0.3, 0.4) is 0 Å². The average Bonchev–Trinajstić information content (AvgIpc) is 3.10. The zero-order chi connectivity index (χ0) is 39.6. The Kier molecular flexibility index (Phi) is 9.83. The van der Waals surface area contributed by atoms with Crippen LogP contribution in [-0.4, -0.2) is 67.2 Å². The van der Waals surface area contributed by atoms with E-state index >= 15 is 0 Å². The van der Waals surface area contributed by atoms with Gasteiger partial charge in [-0.3, -0.25) is 14.1 Å². The summed E-state index contributed by atoms with van der Waals surface area (Å²) in [5.41, 5.74) is -0.586. The van der Waals surface area contributed by atoms with Crippen molar-refractivity contribution in [2.45, 2.75) is 27.7 Å². The Hall–Kier alpha value is -5.14. The molecule has 3 heterocycles. The van der Waals surface area contributed by atoms with Crippen LogP contribution in [0.25, 0.3) is 22.6 Å². The van der Waals surface area contributed by atoms with Gasteiger partial charge in [0, 0.05) is 11.7 Å². The standard InChI is InChI=1S/C30H20Cl2F2N8O10S3/c1-11(36-29-40-28(34)41-30(42-29)37-12-2-4-13(5-3-12)53(43)44)10-35-17-9-8-16-23(27(17)55(48,49)50)52-25-19(32)20-24(18(31)21(25)39-16)51-22-15(38-20)7-6-14(33)26(22)54(45,46)47/h2-9,11,38H,10H2,1H3,(H,43,44)(H,45,46,47)(H,48,49,50)(H2,36,37,40,41,42). The van der Waals surface area contributed by atoms with E-state index in [0.717, 1.165) is 12.1 Å². The van der Waals surface area contributed by atoms with E-state index in [-0.39, 0.29) is 72.7 Å². The van der Waals surface area contributed by atoms with Crippen molar-refractivity contribution in [3.05, 3.63) is 75.8 Å². The van der Waals surface area contributed by atoms with Crippen molar-refractivity contribution in [2.24, 2.45) is 4.99 Å². The summed E-state index contributed by atoms with van der Waals surface area (Å²) in [7, 11) is -10.2. The first kappa shape index (κ1) is 38.1. The maximum absolute atomic E-state index is 14.5. The van der Waals surface area contributed by atoms with E-state index in [1.807, 2.05) is 0 Å². The molecule has 1 aromatic heterocycles. The summed E-state index contributed by atoms with van der Waals surface area (Å²) in [5, 5.41) is 7.38. The number of rotatable bonds is 9. The molecule has 3 aliphatic rings. The van der Waals surface area contributed by atoms with Crippen LogP contribution in [0.4, 0.5) is 37.7 Å². The Bertz CT molecular complexity index is 2870. The average molecular weight is 858 g/mol. The smallest absolute Gasteiger partial charge is 0.315 e. The monoisotopic (exact) mass is 856 g/mol. The molecule has 2 atom stereocenters. The first-order valence-electron chi connectivity index (χ1n) is 15.1. The second-order valence-electron chi connectivity index (χ2n) is 11.5. The summed E-state index contributed by atoms with van der Waals surface area (Å²) in [6, 6.07) is 9.32. The van der Waals surface area contributed by atoms with Gasteiger partial charge in [-0.25, -0.2) is 13.6 Å². The van der Waals surface area contributed by atoms with E-state index in [1.54, 1.807) is 6.92 Å². The molecule has 55 heavy (non-hydrogen) atoms. The van der Waals surface area contributed by atoms with Crippen molar-refractivity contribution in [2.75, 3.05) is 22.5 Å². The number of benzene rings is 4. The summed E-state index contributed by atoms with van der Waals surface area (Å²) in [5.74, 6) is -3.19. The fourth-order valence-corrected chi connectivity index (χ4v) is 7.70. The highest BCUT2D eigenvalue weighted by Crippen LogP contribution is 2.54. The van der Waals surface area contributed by atoms with Gasteiger partial charge in [-0.15, -0.1) is 0 Å². The van der Waals surface area contributed by atoms with E-state index in [1.165, 1.54) is 36.4 Å². The summed E-state index contributed by atoms with van der Waals surface area (Å²) in [6.45, 7) is 1.39. The molecular weight excluding hydrogens is 837 g/mol. The lowest BCUT2D eigenvalue weighted by molar-refractivity contribution is 0.433. The number of anilines is 5. The number of nitrogens with zero attached hydrogens (tertiary/aromatic N) is 5. The molecule has 4 aromatic rings. The second kappa shape index (κ2) is 14.2. The second-order valence-corrected chi connectivity index (χ2v) is 15.9. The van der Waals surface area contributed by atoms with Crippen LogP contribution in [0, 0.1) is 11.9 Å². The van der Waals surface area contributed by atoms with Crippen molar-refractivity contribution in [3.63, 3.8) is 0 Å². The summed E-state index contributed by atoms with van der Waals surface area (Å²) in [6.07, 6.45) is -1.15. The molecule has 0 amide bonds. The largest absolute Gasteiger partial charge is 0.450 e. The van der Waals surface area contributed by atoms with Crippen LogP contribution in [0.2, 0.25) is 10.0 Å². The lowest BCUT2D eigenvalue weighted by atomic mass is 10.1. The van der Waals surface area contributed by atoms with Crippen molar-refractivity contribution < 1.29 is 52.6 Å². The number of hydrogen-bond acceptors (Lipinski definition) is 15. The number of ether oxygens (including phenoxy) is 1. The summed E-state index contributed by atoms with van der Waals surface area (Å²) >= 11 is 11.0. The molecule has 286 valence electrons. The number of halogens is 4. The van der Waals surface area contributed by atoms with Crippen molar-refractivity contribution in [1.29, 1.82) is 0 Å². The molecule has 0 spiro atoms. The molecule has 3 aromatic carbocycles. The molecule has 25 heteroatoms. The van der Waals surface area contributed by atoms with Crippen LogP contribution in [-0.2, 0) is 31.3 Å². The topological polar surface area (TPSA) is 268 Å². The molecule has 0 fully saturated rings. The van der Waals surface area contributed by atoms with Crippen molar-refractivity contribution >= 4 is 94.6 Å². The minimum absolute atomic E-state index is 0.121. The first-order chi connectivity index (χ1) is 25.9. The molecule has 0 bridgehead atoms. The minimum Gasteiger partial charge on any atom is -0.450 e. The van der Waals surface area contributed by atoms with Crippen LogP contribution in [0.15, 0.2) is 72.6 Å². The van der Waals surface area contributed by atoms with Crippen LogP contribution >= 0.6 is 23.2 Å². The predicted molar refractivity (Wildman–Crippen MR) is 192 cm³/mol. The Balaban J connectivity index is 1.22. The number of nitrogens with one attached hydrogen (secondary N) is 3. The molecule has 1 aliphatic carbocycles. The third kappa shape index (κ3) is 7.47. The van der Waals surface area contributed by atoms with E-state index < -0.39 is 70.6 Å². The zero-order valence-corrected chi connectivity index (χ0v) is 31.0. The van der Waals surface area contributed by atoms with Crippen molar-refractivity contribution in [3.8, 4) is 23.0 Å². The molecule has 0 radical (unpaired) electrons. The quantitative estimate of drug-likeness (QED) is 0.0571. The van der Waals surface area contributed by atoms with Crippen LogP contribution in [0.1, 0.15) is 6.92 Å². The van der Waals surface area contributed by atoms with Gasteiger partial charge in [0.25, 0.3) is 0 Å².